The number of aryl methyl sites for hydroxylation is 1. The Kier molecular flexibility index (Phi) is 3.44. The predicted octanol–water partition coefficient (Wildman–Crippen LogP) is 2.53. The number of rotatable bonds is 2. The monoisotopic (exact) mass is 298 g/mol. The number of phenolic OH excluding ortho intramolecular Hbond substituents is 1. The maximum atomic E-state index is 10.8. The van der Waals surface area contributed by atoms with Gasteiger partial charge in [0.05, 0.1) is 5.75 Å². The molecule has 0 aromatic heterocycles. The van der Waals surface area contributed by atoms with Gasteiger partial charge in [-0.2, -0.15) is 0 Å². The Hall–Kier alpha value is -0.260. The molecule has 1 N–H and O–H groups in total. The van der Waals surface area contributed by atoms with Crippen LogP contribution in [0.1, 0.15) is 11.1 Å². The molecular weight excluding hydrogens is 292 g/mol. The minimum absolute atomic E-state index is 0.0302. The van der Waals surface area contributed by atoms with Gasteiger partial charge in [-0.05, 0) is 24.6 Å². The summed E-state index contributed by atoms with van der Waals surface area (Å²) in [5, 5.41) is 9.54. The van der Waals surface area contributed by atoms with E-state index in [9.17, 15) is 13.5 Å². The molecule has 0 bridgehead atoms. The molecule has 0 fully saturated rings. The van der Waals surface area contributed by atoms with Crippen LogP contribution in [0.2, 0.25) is 0 Å². The highest BCUT2D eigenvalue weighted by Gasteiger charge is 2.13. The molecule has 0 aliphatic carbocycles. The van der Waals surface area contributed by atoms with E-state index in [2.05, 4.69) is 15.9 Å². The van der Waals surface area contributed by atoms with E-state index < -0.39 is 9.05 Å². The summed E-state index contributed by atoms with van der Waals surface area (Å²) in [6, 6.07) is 3.22. The molecule has 0 spiro atoms. The van der Waals surface area contributed by atoms with Crippen molar-refractivity contribution in [2.24, 2.45) is 0 Å². The molecule has 78 valence electrons. The number of benzene rings is 1. The van der Waals surface area contributed by atoms with Crippen molar-refractivity contribution in [2.45, 2.75) is 12.7 Å². The van der Waals surface area contributed by atoms with Crippen molar-refractivity contribution in [1.29, 1.82) is 0 Å². The Bertz CT molecular complexity index is 456. The van der Waals surface area contributed by atoms with Crippen molar-refractivity contribution in [3.63, 3.8) is 0 Å². The molecule has 0 unspecified atom stereocenters. The van der Waals surface area contributed by atoms with Crippen LogP contribution in [0.15, 0.2) is 16.6 Å². The lowest BCUT2D eigenvalue weighted by molar-refractivity contribution is 0.465. The predicted molar refractivity (Wildman–Crippen MR) is 59.0 cm³/mol. The van der Waals surface area contributed by atoms with Gasteiger partial charge in [0.1, 0.15) is 5.75 Å². The van der Waals surface area contributed by atoms with E-state index in [1.54, 1.807) is 13.0 Å². The third-order valence-corrected chi connectivity index (χ3v) is 3.11. The van der Waals surface area contributed by atoms with Crippen LogP contribution >= 0.6 is 26.6 Å². The molecule has 14 heavy (non-hydrogen) atoms. The Morgan fingerprint density at radius 1 is 1.50 bits per heavy atom. The summed E-state index contributed by atoms with van der Waals surface area (Å²) in [6.45, 7) is 1.68. The Morgan fingerprint density at radius 3 is 2.57 bits per heavy atom. The average molecular weight is 300 g/mol. The van der Waals surface area contributed by atoms with Gasteiger partial charge < -0.3 is 5.11 Å². The molecular formula is C8H8BrClO3S. The van der Waals surface area contributed by atoms with Gasteiger partial charge in [-0.15, -0.1) is 0 Å². The SMILES string of the molecule is Cc1cc(Br)cc(CS(=O)(=O)Cl)c1O. The summed E-state index contributed by atoms with van der Waals surface area (Å²) >= 11 is 3.21. The van der Waals surface area contributed by atoms with Crippen molar-refractivity contribution >= 4 is 35.7 Å². The quantitative estimate of drug-likeness (QED) is 0.854. The van der Waals surface area contributed by atoms with Crippen LogP contribution in [0.25, 0.3) is 0 Å². The zero-order chi connectivity index (χ0) is 10.9. The summed E-state index contributed by atoms with van der Waals surface area (Å²) in [7, 11) is 1.45. The molecule has 0 amide bonds. The number of hydrogen-bond donors (Lipinski definition) is 1. The number of hydrogen-bond acceptors (Lipinski definition) is 3. The first kappa shape index (κ1) is 11.8. The van der Waals surface area contributed by atoms with Crippen LogP contribution in [-0.2, 0) is 14.8 Å². The summed E-state index contributed by atoms with van der Waals surface area (Å²) in [5.41, 5.74) is 0.904. The molecule has 0 saturated heterocycles. The zero-order valence-corrected chi connectivity index (χ0v) is 10.4. The van der Waals surface area contributed by atoms with Gasteiger partial charge in [0, 0.05) is 20.7 Å². The van der Waals surface area contributed by atoms with Crippen LogP contribution in [0.5, 0.6) is 5.75 Å². The van der Waals surface area contributed by atoms with Gasteiger partial charge in [0.2, 0.25) is 9.05 Å². The summed E-state index contributed by atoms with van der Waals surface area (Å²) in [5.74, 6) is -0.404. The van der Waals surface area contributed by atoms with Crippen LogP contribution in [0.4, 0.5) is 0 Å². The van der Waals surface area contributed by atoms with Crippen LogP contribution in [0.3, 0.4) is 0 Å². The minimum Gasteiger partial charge on any atom is -0.507 e. The summed E-state index contributed by atoms with van der Waals surface area (Å²) in [4.78, 5) is 0. The average Bonchev–Trinajstić information content (AvgIpc) is 1.96. The van der Waals surface area contributed by atoms with E-state index >= 15 is 0 Å². The lowest BCUT2D eigenvalue weighted by Gasteiger charge is -2.06. The number of halogens is 2. The smallest absolute Gasteiger partial charge is 0.236 e. The number of phenols is 1. The third-order valence-electron chi connectivity index (χ3n) is 1.67. The highest BCUT2D eigenvalue weighted by Crippen LogP contribution is 2.28. The first-order chi connectivity index (χ1) is 6.29. The molecule has 0 atom stereocenters. The highest BCUT2D eigenvalue weighted by atomic mass is 79.9. The van der Waals surface area contributed by atoms with Gasteiger partial charge in [-0.3, -0.25) is 0 Å². The Morgan fingerprint density at radius 2 is 2.07 bits per heavy atom. The van der Waals surface area contributed by atoms with E-state index in [1.807, 2.05) is 0 Å². The lowest BCUT2D eigenvalue weighted by Crippen LogP contribution is -1.96. The Labute approximate surface area is 95.3 Å². The maximum absolute atomic E-state index is 10.8. The van der Waals surface area contributed by atoms with Crippen molar-refractivity contribution < 1.29 is 13.5 Å². The first-order valence-corrected chi connectivity index (χ1v) is 6.97. The van der Waals surface area contributed by atoms with E-state index in [1.165, 1.54) is 6.07 Å². The third kappa shape index (κ3) is 3.15. The second-order valence-corrected chi connectivity index (χ2v) is 6.61. The summed E-state index contributed by atoms with van der Waals surface area (Å²) in [6.07, 6.45) is 0. The van der Waals surface area contributed by atoms with E-state index in [-0.39, 0.29) is 11.5 Å². The molecule has 0 aliphatic heterocycles. The molecule has 1 rings (SSSR count). The van der Waals surface area contributed by atoms with E-state index in [0.29, 0.717) is 15.6 Å². The molecule has 0 radical (unpaired) electrons. The molecule has 1 aromatic carbocycles. The lowest BCUT2D eigenvalue weighted by atomic mass is 10.1. The molecule has 0 aliphatic rings. The van der Waals surface area contributed by atoms with Gasteiger partial charge >= 0.3 is 0 Å². The van der Waals surface area contributed by atoms with Gasteiger partial charge in [0.25, 0.3) is 0 Å². The highest BCUT2D eigenvalue weighted by molar-refractivity contribution is 9.10. The molecule has 1 aromatic rings. The molecule has 6 heteroatoms. The molecule has 0 saturated carbocycles. The van der Waals surface area contributed by atoms with Crippen LogP contribution < -0.4 is 0 Å². The van der Waals surface area contributed by atoms with Crippen molar-refractivity contribution in [3.8, 4) is 5.75 Å². The minimum atomic E-state index is -3.64. The van der Waals surface area contributed by atoms with E-state index in [0.717, 1.165) is 0 Å². The van der Waals surface area contributed by atoms with Crippen LogP contribution in [-0.4, -0.2) is 13.5 Å². The van der Waals surface area contributed by atoms with Crippen molar-refractivity contribution in [3.05, 3.63) is 27.7 Å². The zero-order valence-electron chi connectivity index (χ0n) is 7.29. The fraction of sp³-hybridized carbons (Fsp3) is 0.250. The van der Waals surface area contributed by atoms with Gasteiger partial charge in [0.15, 0.2) is 0 Å². The standard InChI is InChI=1S/C8H8BrClO3S/c1-5-2-7(9)3-6(8(5)11)4-14(10,12)13/h2-3,11H,4H2,1H3. The fourth-order valence-corrected chi connectivity index (χ4v) is 2.66. The second kappa shape index (κ2) is 4.08. The van der Waals surface area contributed by atoms with E-state index in [4.69, 9.17) is 10.7 Å². The fourth-order valence-electron chi connectivity index (χ4n) is 1.10. The normalized spacial score (nSPS) is 11.6. The second-order valence-electron chi connectivity index (χ2n) is 2.91. The Balaban J connectivity index is 3.22. The topological polar surface area (TPSA) is 54.4 Å². The summed E-state index contributed by atoms with van der Waals surface area (Å²) < 4.78 is 22.3. The first-order valence-electron chi connectivity index (χ1n) is 3.70. The van der Waals surface area contributed by atoms with Crippen molar-refractivity contribution in [2.75, 3.05) is 0 Å². The van der Waals surface area contributed by atoms with Crippen molar-refractivity contribution in [1.82, 2.24) is 0 Å². The van der Waals surface area contributed by atoms with Gasteiger partial charge in [-0.1, -0.05) is 15.9 Å². The largest absolute Gasteiger partial charge is 0.507 e. The maximum Gasteiger partial charge on any atom is 0.236 e. The van der Waals surface area contributed by atoms with Crippen LogP contribution in [0, 0.1) is 6.92 Å². The number of aromatic hydroxyl groups is 1. The van der Waals surface area contributed by atoms with Gasteiger partial charge in [-0.25, -0.2) is 8.42 Å². The molecule has 0 heterocycles. The molecule has 3 nitrogen and oxygen atoms in total.